The predicted molar refractivity (Wildman–Crippen MR) is 132 cm³/mol. The number of aliphatic imine (C=N–C) groups is 1. The zero-order valence-electron chi connectivity index (χ0n) is 19.3. The van der Waals surface area contributed by atoms with Crippen molar-refractivity contribution < 1.29 is 23.9 Å². The smallest absolute Gasteiger partial charge is 0.303 e. The number of carboxylic acids is 1. The number of hydrogen-bond donors (Lipinski definition) is 2. The summed E-state index contributed by atoms with van der Waals surface area (Å²) in [6.07, 6.45) is 0.407. The van der Waals surface area contributed by atoms with Gasteiger partial charge in [-0.2, -0.15) is 0 Å². The largest absolute Gasteiger partial charge is 0.481 e. The third-order valence-electron chi connectivity index (χ3n) is 5.96. The third kappa shape index (κ3) is 5.27. The molecule has 7 nitrogen and oxygen atoms in total. The maximum Gasteiger partial charge on any atom is 0.303 e. The number of aliphatic carboxylic acids is 1. The summed E-state index contributed by atoms with van der Waals surface area (Å²) in [6.45, 7) is 1.48. The SMILES string of the molecule is CC(=O)N(C)c1ccc(N=C(c2ccc(CCC(=O)O)cc2)C2C(=O)Nc3cc(F)ccc32)cc1. The van der Waals surface area contributed by atoms with Gasteiger partial charge in [0.15, 0.2) is 0 Å². The lowest BCUT2D eigenvalue weighted by Gasteiger charge is -2.16. The molecule has 1 heterocycles. The van der Waals surface area contributed by atoms with E-state index in [1.54, 1.807) is 37.4 Å². The maximum absolute atomic E-state index is 13.8. The summed E-state index contributed by atoms with van der Waals surface area (Å²) in [6, 6.07) is 18.5. The first-order chi connectivity index (χ1) is 16.7. The lowest BCUT2D eigenvalue weighted by molar-refractivity contribution is -0.137. The summed E-state index contributed by atoms with van der Waals surface area (Å²) in [4.78, 5) is 41.8. The van der Waals surface area contributed by atoms with E-state index < -0.39 is 17.7 Å². The minimum Gasteiger partial charge on any atom is -0.481 e. The Kier molecular flexibility index (Phi) is 6.73. The zero-order chi connectivity index (χ0) is 25.1. The highest BCUT2D eigenvalue weighted by atomic mass is 19.1. The molecule has 0 spiro atoms. The Bertz CT molecular complexity index is 1320. The molecule has 0 aromatic heterocycles. The molecule has 178 valence electrons. The Labute approximate surface area is 201 Å². The molecule has 1 aliphatic rings. The number of nitrogens with zero attached hydrogens (tertiary/aromatic N) is 2. The van der Waals surface area contributed by atoms with Crippen LogP contribution in [0.4, 0.5) is 21.5 Å². The molecule has 0 bridgehead atoms. The summed E-state index contributed by atoms with van der Waals surface area (Å²) >= 11 is 0. The van der Waals surface area contributed by atoms with Gasteiger partial charge in [-0.05, 0) is 59.5 Å². The molecule has 1 atom stereocenters. The maximum atomic E-state index is 13.8. The number of fused-ring (bicyclic) bond motifs is 1. The van der Waals surface area contributed by atoms with Crippen LogP contribution in [0.15, 0.2) is 71.7 Å². The Hall–Kier alpha value is -4.33. The van der Waals surface area contributed by atoms with Crippen molar-refractivity contribution in [2.24, 2.45) is 4.99 Å². The van der Waals surface area contributed by atoms with E-state index >= 15 is 0 Å². The second-order valence-electron chi connectivity index (χ2n) is 8.34. The molecule has 8 heteroatoms. The van der Waals surface area contributed by atoms with E-state index in [1.165, 1.54) is 24.0 Å². The van der Waals surface area contributed by atoms with Crippen molar-refractivity contribution in [3.63, 3.8) is 0 Å². The Morgan fingerprint density at radius 3 is 2.37 bits per heavy atom. The van der Waals surface area contributed by atoms with E-state index in [1.807, 2.05) is 24.3 Å². The van der Waals surface area contributed by atoms with E-state index in [4.69, 9.17) is 10.1 Å². The number of rotatable bonds is 7. The van der Waals surface area contributed by atoms with Crippen molar-refractivity contribution in [3.05, 3.63) is 89.2 Å². The van der Waals surface area contributed by atoms with Crippen LogP contribution >= 0.6 is 0 Å². The molecular weight excluding hydrogens is 449 g/mol. The lowest BCUT2D eigenvalue weighted by atomic mass is 9.90. The number of amides is 2. The predicted octanol–water partition coefficient (Wildman–Crippen LogP) is 4.68. The van der Waals surface area contributed by atoms with Gasteiger partial charge in [0.1, 0.15) is 11.7 Å². The number of carbonyl (C=O) groups is 3. The van der Waals surface area contributed by atoms with Gasteiger partial charge in [-0.15, -0.1) is 0 Å². The highest BCUT2D eigenvalue weighted by molar-refractivity contribution is 6.24. The van der Waals surface area contributed by atoms with Crippen LogP contribution in [0.3, 0.4) is 0 Å². The number of carboxylic acid groups (broad SMARTS) is 1. The van der Waals surface area contributed by atoms with E-state index in [0.717, 1.165) is 5.56 Å². The van der Waals surface area contributed by atoms with Gasteiger partial charge in [0.25, 0.3) is 0 Å². The molecule has 4 rings (SSSR count). The van der Waals surface area contributed by atoms with Gasteiger partial charge in [-0.3, -0.25) is 19.4 Å². The van der Waals surface area contributed by atoms with Crippen LogP contribution in [0.2, 0.25) is 0 Å². The number of hydrogen-bond acceptors (Lipinski definition) is 4. The van der Waals surface area contributed by atoms with E-state index in [0.29, 0.717) is 40.3 Å². The summed E-state index contributed by atoms with van der Waals surface area (Å²) in [5, 5.41) is 11.7. The standard InChI is InChI=1S/C27H24FN3O4/c1-16(32)31(2)21-11-9-20(10-12-21)29-26(18-6-3-17(4-7-18)5-14-24(33)34)25-22-13-8-19(28)15-23(22)30-27(25)35/h3-4,6-13,15,25H,5,14H2,1-2H3,(H,30,35)(H,33,34). The topological polar surface area (TPSA) is 99.1 Å². The fraction of sp³-hybridized carbons (Fsp3) is 0.185. The van der Waals surface area contributed by atoms with Gasteiger partial charge < -0.3 is 15.3 Å². The van der Waals surface area contributed by atoms with Gasteiger partial charge in [0, 0.05) is 31.8 Å². The van der Waals surface area contributed by atoms with Crippen LogP contribution in [-0.2, 0) is 20.8 Å². The quantitative estimate of drug-likeness (QED) is 0.487. The van der Waals surface area contributed by atoms with E-state index in [2.05, 4.69) is 5.32 Å². The van der Waals surface area contributed by atoms with Gasteiger partial charge >= 0.3 is 5.97 Å². The summed E-state index contributed by atoms with van der Waals surface area (Å²) in [7, 11) is 1.68. The van der Waals surface area contributed by atoms with Crippen LogP contribution in [0.5, 0.6) is 0 Å². The molecule has 0 saturated heterocycles. The minimum absolute atomic E-state index is 0.0192. The average molecular weight is 474 g/mol. The normalized spacial score (nSPS) is 14.9. The highest BCUT2D eigenvalue weighted by Crippen LogP contribution is 2.37. The van der Waals surface area contributed by atoms with Gasteiger partial charge in [0.05, 0.1) is 11.4 Å². The summed E-state index contributed by atoms with van der Waals surface area (Å²) < 4.78 is 13.8. The van der Waals surface area contributed by atoms with Crippen molar-refractivity contribution >= 4 is 40.6 Å². The molecule has 1 unspecified atom stereocenters. The first kappa shape index (κ1) is 23.8. The molecule has 2 N–H and O–H groups in total. The van der Waals surface area contributed by atoms with Crippen molar-refractivity contribution in [1.29, 1.82) is 0 Å². The summed E-state index contributed by atoms with van der Waals surface area (Å²) in [5.74, 6) is -2.49. The van der Waals surface area contributed by atoms with Crippen LogP contribution in [0, 0.1) is 5.82 Å². The number of carbonyl (C=O) groups excluding carboxylic acids is 2. The van der Waals surface area contributed by atoms with Gasteiger partial charge in [-0.1, -0.05) is 30.3 Å². The third-order valence-corrected chi connectivity index (χ3v) is 5.96. The average Bonchev–Trinajstić information content (AvgIpc) is 3.16. The zero-order valence-corrected chi connectivity index (χ0v) is 19.3. The Morgan fingerprint density at radius 1 is 1.06 bits per heavy atom. The first-order valence-corrected chi connectivity index (χ1v) is 11.1. The molecule has 3 aromatic carbocycles. The minimum atomic E-state index is -0.873. The number of benzene rings is 3. The molecule has 0 aliphatic carbocycles. The summed E-state index contributed by atoms with van der Waals surface area (Å²) in [5.41, 5.74) is 4.34. The van der Waals surface area contributed by atoms with Crippen molar-refractivity contribution in [1.82, 2.24) is 0 Å². The molecule has 3 aromatic rings. The highest BCUT2D eigenvalue weighted by Gasteiger charge is 2.35. The van der Waals surface area contributed by atoms with Gasteiger partial charge in [0.2, 0.25) is 11.8 Å². The molecule has 0 radical (unpaired) electrons. The van der Waals surface area contributed by atoms with Crippen molar-refractivity contribution in [2.45, 2.75) is 25.7 Å². The number of anilines is 2. The molecule has 2 amide bonds. The number of halogens is 1. The van der Waals surface area contributed by atoms with Crippen molar-refractivity contribution in [2.75, 3.05) is 17.3 Å². The Balaban J connectivity index is 1.75. The van der Waals surface area contributed by atoms with Crippen LogP contribution in [0.25, 0.3) is 0 Å². The van der Waals surface area contributed by atoms with Crippen LogP contribution in [0.1, 0.15) is 36.0 Å². The fourth-order valence-electron chi connectivity index (χ4n) is 3.97. The fourth-order valence-corrected chi connectivity index (χ4v) is 3.97. The molecular formula is C27H24FN3O4. The first-order valence-electron chi connectivity index (χ1n) is 11.1. The van der Waals surface area contributed by atoms with Crippen LogP contribution < -0.4 is 10.2 Å². The lowest BCUT2D eigenvalue weighted by Crippen LogP contribution is -2.22. The van der Waals surface area contributed by atoms with E-state index in [-0.39, 0.29) is 18.2 Å². The van der Waals surface area contributed by atoms with Gasteiger partial charge in [-0.25, -0.2) is 4.39 Å². The molecule has 35 heavy (non-hydrogen) atoms. The molecule has 1 aliphatic heterocycles. The number of aryl methyl sites for hydroxylation is 1. The molecule has 0 saturated carbocycles. The molecule has 0 fully saturated rings. The number of nitrogens with one attached hydrogen (secondary N) is 1. The van der Waals surface area contributed by atoms with Crippen LogP contribution in [-0.4, -0.2) is 35.6 Å². The second-order valence-corrected chi connectivity index (χ2v) is 8.34. The monoisotopic (exact) mass is 473 g/mol. The van der Waals surface area contributed by atoms with Crippen molar-refractivity contribution in [3.8, 4) is 0 Å². The second kappa shape index (κ2) is 9.89. The Morgan fingerprint density at radius 2 is 1.74 bits per heavy atom. The van der Waals surface area contributed by atoms with E-state index in [9.17, 15) is 18.8 Å².